The summed E-state index contributed by atoms with van der Waals surface area (Å²) < 4.78 is 7.18. The second-order valence-electron chi connectivity index (χ2n) is 6.44. The van der Waals surface area contributed by atoms with Gasteiger partial charge in [-0.1, -0.05) is 12.1 Å². The van der Waals surface area contributed by atoms with Crippen LogP contribution in [0.5, 0.6) is 5.75 Å². The maximum Gasteiger partial charge on any atom is 0.227 e. The number of nitrogens with zero attached hydrogens (tertiary/aromatic N) is 4. The Hall–Kier alpha value is -2.37. The first kappa shape index (κ1) is 16.5. The molecule has 1 saturated heterocycles. The molecule has 2 aromatic rings. The summed E-state index contributed by atoms with van der Waals surface area (Å²) in [6.07, 6.45) is 5.21. The Kier molecular flexibility index (Phi) is 5.13. The van der Waals surface area contributed by atoms with Crippen LogP contribution < -0.4 is 4.74 Å². The van der Waals surface area contributed by atoms with E-state index in [1.807, 2.05) is 40.8 Å². The fraction of sp³-hybridized carbons (Fsp3) is 0.500. The lowest BCUT2D eigenvalue weighted by atomic mass is 9.94. The highest BCUT2D eigenvalue weighted by atomic mass is 16.5. The molecule has 1 fully saturated rings. The van der Waals surface area contributed by atoms with Gasteiger partial charge in [-0.05, 0) is 36.5 Å². The topological polar surface area (TPSA) is 60.2 Å². The Bertz CT molecular complexity index is 698. The Morgan fingerprint density at radius 1 is 1.42 bits per heavy atom. The third-order valence-electron chi connectivity index (χ3n) is 4.64. The van der Waals surface area contributed by atoms with Crippen molar-refractivity contribution in [1.29, 1.82) is 0 Å². The van der Waals surface area contributed by atoms with Crippen LogP contribution >= 0.6 is 0 Å². The third-order valence-corrected chi connectivity index (χ3v) is 4.64. The number of piperidine rings is 1. The molecule has 0 saturated carbocycles. The molecule has 1 amide bonds. The van der Waals surface area contributed by atoms with Crippen molar-refractivity contribution in [2.45, 2.75) is 25.7 Å². The van der Waals surface area contributed by atoms with E-state index < -0.39 is 0 Å². The summed E-state index contributed by atoms with van der Waals surface area (Å²) in [5.41, 5.74) is 0.995. The van der Waals surface area contributed by atoms with Gasteiger partial charge in [0.15, 0.2) is 0 Å². The summed E-state index contributed by atoms with van der Waals surface area (Å²) in [5.74, 6) is 2.42. The first-order valence-corrected chi connectivity index (χ1v) is 8.39. The minimum Gasteiger partial charge on any atom is -0.497 e. The van der Waals surface area contributed by atoms with Crippen LogP contribution in [0.4, 0.5) is 0 Å². The lowest BCUT2D eigenvalue weighted by Crippen LogP contribution is -2.41. The van der Waals surface area contributed by atoms with E-state index >= 15 is 0 Å². The molecule has 1 aromatic heterocycles. The number of methoxy groups -OCH3 is 1. The number of amides is 1. The van der Waals surface area contributed by atoms with Crippen LogP contribution in [0, 0.1) is 5.92 Å². The van der Waals surface area contributed by atoms with Crippen molar-refractivity contribution in [2.75, 3.05) is 20.2 Å². The van der Waals surface area contributed by atoms with Crippen LogP contribution in [-0.4, -0.2) is 45.8 Å². The molecule has 24 heavy (non-hydrogen) atoms. The molecule has 0 radical (unpaired) electrons. The lowest BCUT2D eigenvalue weighted by molar-refractivity contribution is -0.132. The Labute approximate surface area is 142 Å². The Morgan fingerprint density at radius 2 is 2.29 bits per heavy atom. The predicted octanol–water partition coefficient (Wildman–Crippen LogP) is 1.85. The molecule has 1 aliphatic heterocycles. The van der Waals surface area contributed by atoms with Gasteiger partial charge in [0, 0.05) is 26.6 Å². The third kappa shape index (κ3) is 3.93. The predicted molar refractivity (Wildman–Crippen MR) is 90.7 cm³/mol. The molecular formula is C18H24N4O2. The van der Waals surface area contributed by atoms with Gasteiger partial charge in [0.2, 0.25) is 5.91 Å². The molecular weight excluding hydrogens is 304 g/mol. The molecule has 0 aliphatic carbocycles. The number of carbonyl (C=O) groups is 1. The number of benzene rings is 1. The number of likely N-dealkylation sites (tertiary alicyclic amines) is 1. The van der Waals surface area contributed by atoms with E-state index in [1.54, 1.807) is 13.4 Å². The van der Waals surface area contributed by atoms with Crippen molar-refractivity contribution in [3.05, 3.63) is 42.0 Å². The zero-order chi connectivity index (χ0) is 16.9. The molecule has 3 rings (SSSR count). The summed E-state index contributed by atoms with van der Waals surface area (Å²) in [6.45, 7) is 1.65. The molecule has 1 unspecified atom stereocenters. The quantitative estimate of drug-likeness (QED) is 0.840. The smallest absolute Gasteiger partial charge is 0.227 e. The van der Waals surface area contributed by atoms with Crippen LogP contribution in [-0.2, 0) is 24.7 Å². The van der Waals surface area contributed by atoms with Crippen LogP contribution in [0.1, 0.15) is 24.2 Å². The Morgan fingerprint density at radius 3 is 3.04 bits per heavy atom. The van der Waals surface area contributed by atoms with Crippen LogP contribution in [0.25, 0.3) is 0 Å². The van der Waals surface area contributed by atoms with E-state index in [9.17, 15) is 4.79 Å². The summed E-state index contributed by atoms with van der Waals surface area (Å²) in [7, 11) is 3.60. The van der Waals surface area contributed by atoms with Gasteiger partial charge in [-0.2, -0.15) is 0 Å². The minimum atomic E-state index is 0.186. The summed E-state index contributed by atoms with van der Waals surface area (Å²) >= 11 is 0. The van der Waals surface area contributed by atoms with E-state index in [0.29, 0.717) is 12.3 Å². The molecule has 6 heteroatoms. The number of carbonyl (C=O) groups excluding carboxylic acids is 1. The van der Waals surface area contributed by atoms with Crippen molar-refractivity contribution in [1.82, 2.24) is 19.7 Å². The number of aromatic nitrogens is 3. The fourth-order valence-electron chi connectivity index (χ4n) is 3.28. The van der Waals surface area contributed by atoms with E-state index in [-0.39, 0.29) is 5.91 Å². The van der Waals surface area contributed by atoms with Crippen molar-refractivity contribution in [3.8, 4) is 5.75 Å². The molecule has 1 aromatic carbocycles. The highest BCUT2D eigenvalue weighted by molar-refractivity contribution is 5.79. The van der Waals surface area contributed by atoms with Crippen molar-refractivity contribution in [3.63, 3.8) is 0 Å². The monoisotopic (exact) mass is 328 g/mol. The van der Waals surface area contributed by atoms with E-state index in [1.165, 1.54) is 0 Å². The van der Waals surface area contributed by atoms with Crippen molar-refractivity contribution in [2.24, 2.45) is 13.0 Å². The molecule has 0 bridgehead atoms. The van der Waals surface area contributed by atoms with Crippen LogP contribution in [0.3, 0.4) is 0 Å². The van der Waals surface area contributed by atoms with Crippen molar-refractivity contribution < 1.29 is 9.53 Å². The van der Waals surface area contributed by atoms with Gasteiger partial charge in [0.1, 0.15) is 17.9 Å². The zero-order valence-electron chi connectivity index (χ0n) is 14.3. The van der Waals surface area contributed by atoms with Gasteiger partial charge in [-0.15, -0.1) is 10.2 Å². The number of hydrogen-bond acceptors (Lipinski definition) is 4. The summed E-state index contributed by atoms with van der Waals surface area (Å²) in [5, 5.41) is 8.10. The molecule has 0 N–H and O–H groups in total. The van der Waals surface area contributed by atoms with Gasteiger partial charge >= 0.3 is 0 Å². The fourth-order valence-corrected chi connectivity index (χ4v) is 3.28. The molecule has 128 valence electrons. The minimum absolute atomic E-state index is 0.186. The SMILES string of the molecule is COc1cccc(CC(=O)N2CCCC(Cc3nncn3C)C2)c1. The van der Waals surface area contributed by atoms with E-state index in [0.717, 1.165) is 49.5 Å². The van der Waals surface area contributed by atoms with Gasteiger partial charge in [0.05, 0.1) is 13.5 Å². The average Bonchev–Trinajstić information content (AvgIpc) is 3.00. The number of ether oxygens (including phenoxy) is 1. The largest absolute Gasteiger partial charge is 0.497 e. The zero-order valence-corrected chi connectivity index (χ0v) is 14.3. The number of rotatable bonds is 5. The standard InChI is InChI=1S/C18H24N4O2/c1-21-13-19-20-17(21)10-15-6-4-8-22(12-15)18(23)11-14-5-3-7-16(9-14)24-2/h3,5,7,9,13,15H,4,6,8,10-12H2,1-2H3. The molecule has 2 heterocycles. The van der Waals surface area contributed by atoms with Gasteiger partial charge in [-0.25, -0.2) is 0 Å². The normalized spacial score (nSPS) is 17.8. The van der Waals surface area contributed by atoms with E-state index in [4.69, 9.17) is 4.74 Å². The molecule has 0 spiro atoms. The number of aryl methyl sites for hydroxylation is 1. The summed E-state index contributed by atoms with van der Waals surface area (Å²) in [6, 6.07) is 7.72. The highest BCUT2D eigenvalue weighted by Crippen LogP contribution is 2.21. The maximum absolute atomic E-state index is 12.6. The van der Waals surface area contributed by atoms with Gasteiger partial charge in [-0.3, -0.25) is 4.79 Å². The second kappa shape index (κ2) is 7.47. The second-order valence-corrected chi connectivity index (χ2v) is 6.44. The van der Waals surface area contributed by atoms with Crippen molar-refractivity contribution >= 4 is 5.91 Å². The maximum atomic E-state index is 12.6. The van der Waals surface area contributed by atoms with Gasteiger partial charge < -0.3 is 14.2 Å². The first-order valence-electron chi connectivity index (χ1n) is 8.39. The molecule has 1 aliphatic rings. The van der Waals surface area contributed by atoms with Gasteiger partial charge in [0.25, 0.3) is 0 Å². The molecule has 6 nitrogen and oxygen atoms in total. The highest BCUT2D eigenvalue weighted by Gasteiger charge is 2.25. The lowest BCUT2D eigenvalue weighted by Gasteiger charge is -2.32. The Balaban J connectivity index is 1.59. The summed E-state index contributed by atoms with van der Waals surface area (Å²) in [4.78, 5) is 14.6. The number of hydrogen-bond donors (Lipinski definition) is 0. The van der Waals surface area contributed by atoms with Crippen LogP contribution in [0.15, 0.2) is 30.6 Å². The van der Waals surface area contributed by atoms with E-state index in [2.05, 4.69) is 10.2 Å². The molecule has 1 atom stereocenters. The average molecular weight is 328 g/mol. The first-order chi connectivity index (χ1) is 11.7. The van der Waals surface area contributed by atoms with Crippen LogP contribution in [0.2, 0.25) is 0 Å².